The van der Waals surface area contributed by atoms with Gasteiger partial charge in [0, 0.05) is 0 Å². The van der Waals surface area contributed by atoms with Gasteiger partial charge in [0.25, 0.3) is 0 Å². The highest BCUT2D eigenvalue weighted by atomic mass is 32.2. The van der Waals surface area contributed by atoms with E-state index in [-0.39, 0.29) is 16.8 Å². The first-order valence-corrected chi connectivity index (χ1v) is 5.58. The number of hydrogen-bond acceptors (Lipinski definition) is 6. The smallest absolute Gasteiger partial charge is 0.329 e. The zero-order valence-corrected chi connectivity index (χ0v) is 8.75. The summed E-state index contributed by atoms with van der Waals surface area (Å²) in [7, 11) is 0. The highest BCUT2D eigenvalue weighted by Gasteiger charge is 2.36. The monoisotopic (exact) mass is 255 g/mol. The fourth-order valence-corrected chi connectivity index (χ4v) is 2.53. The van der Waals surface area contributed by atoms with Gasteiger partial charge in [-0.1, -0.05) is 23.1 Å². The van der Waals surface area contributed by atoms with Crippen molar-refractivity contribution in [2.24, 2.45) is 0 Å². The normalized spacial score (nSPS) is 17.5. The SMILES string of the molecule is O=C1CN(c2nnc(C(F)(F)F)s2)CS1. The summed E-state index contributed by atoms with van der Waals surface area (Å²) < 4.78 is 36.5. The Labute approximate surface area is 90.5 Å². The molecule has 0 bridgehead atoms. The molecule has 0 amide bonds. The molecule has 1 aliphatic rings. The predicted molar refractivity (Wildman–Crippen MR) is 49.7 cm³/mol. The lowest BCUT2D eigenvalue weighted by molar-refractivity contribution is -0.138. The number of rotatable bonds is 1. The number of halogens is 3. The summed E-state index contributed by atoms with van der Waals surface area (Å²) in [5, 5.41) is 5.53. The number of thioether (sulfide) groups is 1. The van der Waals surface area contributed by atoms with E-state index in [0.717, 1.165) is 11.8 Å². The largest absolute Gasteiger partial charge is 0.445 e. The number of carbonyl (C=O) groups excluding carboxylic acids is 1. The first-order chi connectivity index (χ1) is 6.97. The van der Waals surface area contributed by atoms with E-state index in [9.17, 15) is 18.0 Å². The Bertz CT molecular complexity index is 391. The molecule has 0 aromatic carbocycles. The van der Waals surface area contributed by atoms with Crippen molar-refractivity contribution in [2.45, 2.75) is 6.18 Å². The van der Waals surface area contributed by atoms with E-state index in [2.05, 4.69) is 10.2 Å². The van der Waals surface area contributed by atoms with E-state index >= 15 is 0 Å². The molecule has 0 aliphatic carbocycles. The molecule has 9 heteroatoms. The van der Waals surface area contributed by atoms with E-state index in [1.807, 2.05) is 0 Å². The Kier molecular flexibility index (Phi) is 2.59. The number of alkyl halides is 3. The van der Waals surface area contributed by atoms with Crippen LogP contribution in [0.4, 0.5) is 18.3 Å². The van der Waals surface area contributed by atoms with Gasteiger partial charge < -0.3 is 4.90 Å². The van der Waals surface area contributed by atoms with Gasteiger partial charge >= 0.3 is 6.18 Å². The quantitative estimate of drug-likeness (QED) is 0.762. The van der Waals surface area contributed by atoms with E-state index in [4.69, 9.17) is 0 Å². The topological polar surface area (TPSA) is 46.1 Å². The summed E-state index contributed by atoms with van der Waals surface area (Å²) in [6.45, 7) is 0.0944. The van der Waals surface area contributed by atoms with Crippen LogP contribution in [0.1, 0.15) is 5.01 Å². The number of aromatic nitrogens is 2. The number of nitrogens with zero attached hydrogens (tertiary/aromatic N) is 3. The lowest BCUT2D eigenvalue weighted by Gasteiger charge is -2.08. The lowest BCUT2D eigenvalue weighted by atomic mass is 10.6. The number of carbonyl (C=O) groups is 1. The van der Waals surface area contributed by atoms with Crippen LogP contribution in [0.25, 0.3) is 0 Å². The molecule has 15 heavy (non-hydrogen) atoms. The Morgan fingerprint density at radius 1 is 1.33 bits per heavy atom. The van der Waals surface area contributed by atoms with Crippen molar-refractivity contribution in [3.63, 3.8) is 0 Å². The van der Waals surface area contributed by atoms with Gasteiger partial charge in [-0.05, 0) is 0 Å². The van der Waals surface area contributed by atoms with Gasteiger partial charge in [-0.25, -0.2) is 0 Å². The molecule has 0 spiro atoms. The van der Waals surface area contributed by atoms with Crippen molar-refractivity contribution in [2.75, 3.05) is 17.3 Å². The molecule has 0 N–H and O–H groups in total. The number of hydrogen-bond donors (Lipinski definition) is 0. The first-order valence-electron chi connectivity index (χ1n) is 3.78. The van der Waals surface area contributed by atoms with Crippen LogP contribution in [0.5, 0.6) is 0 Å². The molecule has 0 radical (unpaired) electrons. The Morgan fingerprint density at radius 2 is 2.07 bits per heavy atom. The zero-order valence-electron chi connectivity index (χ0n) is 7.11. The second-order valence-electron chi connectivity index (χ2n) is 2.73. The maximum absolute atomic E-state index is 12.2. The van der Waals surface area contributed by atoms with E-state index in [0.29, 0.717) is 17.2 Å². The maximum atomic E-state index is 12.2. The third-order valence-corrected chi connectivity index (χ3v) is 3.55. The van der Waals surface area contributed by atoms with Crippen molar-refractivity contribution < 1.29 is 18.0 Å². The van der Waals surface area contributed by atoms with Crippen molar-refractivity contribution in [3.05, 3.63) is 5.01 Å². The second-order valence-corrected chi connectivity index (χ2v) is 4.69. The fraction of sp³-hybridized carbons (Fsp3) is 0.500. The minimum Gasteiger partial charge on any atom is -0.329 e. The van der Waals surface area contributed by atoms with Crippen molar-refractivity contribution >= 4 is 33.3 Å². The van der Waals surface area contributed by atoms with Crippen molar-refractivity contribution in [1.82, 2.24) is 10.2 Å². The summed E-state index contributed by atoms with van der Waals surface area (Å²) in [5.41, 5.74) is 0. The van der Waals surface area contributed by atoms with Crippen LogP contribution >= 0.6 is 23.1 Å². The second kappa shape index (κ2) is 3.63. The van der Waals surface area contributed by atoms with Crippen LogP contribution < -0.4 is 4.90 Å². The van der Waals surface area contributed by atoms with Gasteiger partial charge in [-0.3, -0.25) is 4.79 Å². The molecule has 1 aliphatic heterocycles. The lowest BCUT2D eigenvalue weighted by Crippen LogP contribution is -2.19. The molecule has 2 rings (SSSR count). The van der Waals surface area contributed by atoms with Gasteiger partial charge in [0.05, 0.1) is 12.4 Å². The fourth-order valence-electron chi connectivity index (χ4n) is 0.978. The number of anilines is 1. The van der Waals surface area contributed by atoms with Gasteiger partial charge in [-0.2, -0.15) is 13.2 Å². The molecule has 0 atom stereocenters. The molecule has 4 nitrogen and oxygen atoms in total. The van der Waals surface area contributed by atoms with Crippen LogP contribution in [0, 0.1) is 0 Å². The molecule has 0 saturated carbocycles. The third kappa shape index (κ3) is 2.23. The van der Waals surface area contributed by atoms with Crippen molar-refractivity contribution in [3.8, 4) is 0 Å². The maximum Gasteiger partial charge on any atom is 0.445 e. The van der Waals surface area contributed by atoms with E-state index in [1.165, 1.54) is 4.90 Å². The molecular formula is C6H4F3N3OS2. The summed E-state index contributed by atoms with van der Waals surface area (Å²) >= 11 is 1.51. The molecule has 2 heterocycles. The van der Waals surface area contributed by atoms with Gasteiger partial charge in [-0.15, -0.1) is 10.2 Å². The zero-order chi connectivity index (χ0) is 11.1. The first kappa shape index (κ1) is 10.7. The van der Waals surface area contributed by atoms with Crippen LogP contribution in [-0.4, -0.2) is 27.7 Å². The van der Waals surface area contributed by atoms with Gasteiger partial charge in [0.1, 0.15) is 0 Å². The molecule has 1 aromatic heterocycles. The molecular weight excluding hydrogens is 251 g/mol. The van der Waals surface area contributed by atoms with Crippen molar-refractivity contribution in [1.29, 1.82) is 0 Å². The summed E-state index contributed by atoms with van der Waals surface area (Å²) in [6, 6.07) is 0. The Balaban J connectivity index is 2.17. The molecule has 1 fully saturated rings. The Morgan fingerprint density at radius 3 is 2.53 bits per heavy atom. The van der Waals surface area contributed by atoms with Crippen LogP contribution in [0.15, 0.2) is 0 Å². The molecule has 1 aromatic rings. The van der Waals surface area contributed by atoms with Crippen LogP contribution in [0.3, 0.4) is 0 Å². The van der Waals surface area contributed by atoms with Crippen LogP contribution in [-0.2, 0) is 11.0 Å². The standard InChI is InChI=1S/C6H4F3N3OS2/c7-6(8,9)4-10-11-5(15-4)12-1-3(13)14-2-12/h1-2H2. The highest BCUT2D eigenvalue weighted by Crippen LogP contribution is 2.35. The van der Waals surface area contributed by atoms with E-state index in [1.54, 1.807) is 0 Å². The average molecular weight is 255 g/mol. The highest BCUT2D eigenvalue weighted by molar-refractivity contribution is 8.14. The predicted octanol–water partition coefficient (Wildman–Crippen LogP) is 1.59. The third-order valence-electron chi connectivity index (χ3n) is 1.63. The summed E-state index contributed by atoms with van der Waals surface area (Å²) in [4.78, 5) is 12.4. The minimum atomic E-state index is -4.47. The Hall–Kier alpha value is -0.830. The minimum absolute atomic E-state index is 0.0706. The van der Waals surface area contributed by atoms with Gasteiger partial charge in [0.15, 0.2) is 0 Å². The van der Waals surface area contributed by atoms with Crippen LogP contribution in [0.2, 0.25) is 0 Å². The summed E-state index contributed by atoms with van der Waals surface area (Å²) in [6.07, 6.45) is -4.47. The van der Waals surface area contributed by atoms with E-state index < -0.39 is 11.2 Å². The molecule has 82 valence electrons. The van der Waals surface area contributed by atoms with Gasteiger partial charge in [0.2, 0.25) is 15.3 Å². The average Bonchev–Trinajstić information content (AvgIpc) is 2.69. The molecule has 0 unspecified atom stereocenters. The molecule has 1 saturated heterocycles. The summed E-state index contributed by atoms with van der Waals surface area (Å²) in [5.74, 6) is 0.339.